The number of rotatable bonds is 2. The summed E-state index contributed by atoms with van der Waals surface area (Å²) in [7, 11) is 0. The maximum atomic E-state index is 13.6. The van der Waals surface area contributed by atoms with Crippen molar-refractivity contribution in [2.24, 2.45) is 0 Å². The van der Waals surface area contributed by atoms with E-state index in [1.54, 1.807) is 0 Å². The minimum absolute atomic E-state index is 0.312. The number of nitrogen functional groups attached to an aromatic ring is 1. The molecule has 0 bridgehead atoms. The highest BCUT2D eigenvalue weighted by Gasteiger charge is 2.12. The zero-order valence-electron chi connectivity index (χ0n) is 9.55. The van der Waals surface area contributed by atoms with E-state index in [0.29, 0.717) is 22.7 Å². The average molecular weight is 254 g/mol. The average Bonchev–Trinajstić information content (AvgIpc) is 2.54. The van der Waals surface area contributed by atoms with E-state index in [2.05, 4.69) is 4.98 Å². The number of thiazole rings is 1. The van der Waals surface area contributed by atoms with Crippen LogP contribution in [0.15, 0.2) is 12.1 Å². The molecule has 2 nitrogen and oxygen atoms in total. The monoisotopic (exact) mass is 254 g/mol. The minimum Gasteiger partial charge on any atom is -0.375 e. The van der Waals surface area contributed by atoms with E-state index in [0.717, 1.165) is 10.6 Å². The van der Waals surface area contributed by atoms with Crippen molar-refractivity contribution in [3.8, 4) is 0 Å². The van der Waals surface area contributed by atoms with Crippen LogP contribution < -0.4 is 5.73 Å². The summed E-state index contributed by atoms with van der Waals surface area (Å²) < 4.78 is 27.0. The van der Waals surface area contributed by atoms with Gasteiger partial charge in [0.15, 0.2) is 5.13 Å². The van der Waals surface area contributed by atoms with E-state index in [1.165, 1.54) is 30.4 Å². The summed E-state index contributed by atoms with van der Waals surface area (Å²) in [6.45, 7) is 3.35. The van der Waals surface area contributed by atoms with E-state index >= 15 is 0 Å². The van der Waals surface area contributed by atoms with E-state index in [1.807, 2.05) is 6.92 Å². The summed E-state index contributed by atoms with van der Waals surface area (Å²) in [5, 5.41) is 0.450. The first kappa shape index (κ1) is 12.0. The van der Waals surface area contributed by atoms with Crippen molar-refractivity contribution < 1.29 is 8.78 Å². The van der Waals surface area contributed by atoms with Gasteiger partial charge in [0.25, 0.3) is 0 Å². The van der Waals surface area contributed by atoms with Crippen LogP contribution in [0.1, 0.15) is 21.7 Å². The fraction of sp³-hybridized carbons (Fsp3) is 0.250. The van der Waals surface area contributed by atoms with Gasteiger partial charge in [-0.3, -0.25) is 0 Å². The van der Waals surface area contributed by atoms with Crippen molar-refractivity contribution in [2.45, 2.75) is 20.3 Å². The molecule has 0 unspecified atom stereocenters. The van der Waals surface area contributed by atoms with Gasteiger partial charge in [0, 0.05) is 11.3 Å². The first-order valence-electron chi connectivity index (χ1n) is 5.13. The molecule has 0 fully saturated rings. The van der Waals surface area contributed by atoms with Crippen LogP contribution in [0.3, 0.4) is 0 Å². The van der Waals surface area contributed by atoms with Crippen LogP contribution in [-0.4, -0.2) is 4.98 Å². The predicted octanol–water partition coefficient (Wildman–Crippen LogP) is 3.21. The second kappa shape index (κ2) is 4.41. The number of aromatic nitrogens is 1. The van der Waals surface area contributed by atoms with Crippen LogP contribution >= 0.6 is 11.3 Å². The molecule has 1 aromatic heterocycles. The van der Waals surface area contributed by atoms with Gasteiger partial charge in [-0.25, -0.2) is 13.8 Å². The second-order valence-electron chi connectivity index (χ2n) is 3.93. The normalized spacial score (nSPS) is 10.8. The highest BCUT2D eigenvalue weighted by atomic mass is 32.1. The summed E-state index contributed by atoms with van der Waals surface area (Å²) in [4.78, 5) is 4.92. The van der Waals surface area contributed by atoms with Crippen molar-refractivity contribution in [3.63, 3.8) is 0 Å². The molecule has 2 aromatic rings. The number of nitrogens with zero attached hydrogens (tertiary/aromatic N) is 1. The maximum Gasteiger partial charge on any atom is 0.180 e. The van der Waals surface area contributed by atoms with E-state index in [-0.39, 0.29) is 0 Å². The van der Waals surface area contributed by atoms with Crippen molar-refractivity contribution >= 4 is 16.5 Å². The molecular weight excluding hydrogens is 242 g/mol. The largest absolute Gasteiger partial charge is 0.375 e. The number of nitrogens with two attached hydrogens (primary N) is 1. The molecule has 0 spiro atoms. The third-order valence-corrected chi connectivity index (χ3v) is 3.57. The Hall–Kier alpha value is -1.49. The first-order valence-corrected chi connectivity index (χ1v) is 5.95. The first-order chi connectivity index (χ1) is 7.97. The lowest BCUT2D eigenvalue weighted by atomic mass is 10.1. The molecule has 2 rings (SSSR count). The highest BCUT2D eigenvalue weighted by Crippen LogP contribution is 2.25. The molecular formula is C12H12F2N2S. The van der Waals surface area contributed by atoms with Crippen molar-refractivity contribution in [3.05, 3.63) is 45.5 Å². The van der Waals surface area contributed by atoms with Crippen LogP contribution in [0.4, 0.5) is 13.9 Å². The van der Waals surface area contributed by atoms with Gasteiger partial charge in [0.2, 0.25) is 0 Å². The minimum atomic E-state index is -0.393. The fourth-order valence-electron chi connectivity index (χ4n) is 1.61. The number of benzene rings is 1. The summed E-state index contributed by atoms with van der Waals surface area (Å²) in [6.07, 6.45) is 0.323. The third-order valence-electron chi connectivity index (χ3n) is 2.59. The van der Waals surface area contributed by atoms with Gasteiger partial charge >= 0.3 is 0 Å². The number of aryl methyl sites for hydroxylation is 2. The molecule has 2 N–H and O–H groups in total. The molecule has 0 aliphatic heterocycles. The van der Waals surface area contributed by atoms with Crippen molar-refractivity contribution in [1.29, 1.82) is 0 Å². The molecule has 0 aliphatic rings. The molecule has 1 aromatic carbocycles. The number of anilines is 1. The number of halogens is 2. The summed E-state index contributed by atoms with van der Waals surface area (Å²) in [6, 6.07) is 2.45. The molecule has 0 aliphatic carbocycles. The SMILES string of the molecule is Cc1cc(F)c(Cc2sc(N)nc2C)cc1F. The zero-order valence-corrected chi connectivity index (χ0v) is 10.4. The van der Waals surface area contributed by atoms with Gasteiger partial charge < -0.3 is 5.73 Å². The molecule has 0 radical (unpaired) electrons. The molecule has 17 heavy (non-hydrogen) atoms. The van der Waals surface area contributed by atoms with Crippen LogP contribution in [0.25, 0.3) is 0 Å². The molecule has 5 heteroatoms. The van der Waals surface area contributed by atoms with E-state index < -0.39 is 11.6 Å². The van der Waals surface area contributed by atoms with Gasteiger partial charge in [-0.1, -0.05) is 0 Å². The van der Waals surface area contributed by atoms with Crippen LogP contribution in [0.2, 0.25) is 0 Å². The molecule has 0 atom stereocenters. The molecule has 0 saturated heterocycles. The highest BCUT2D eigenvalue weighted by molar-refractivity contribution is 7.15. The Kier molecular flexibility index (Phi) is 3.11. The van der Waals surface area contributed by atoms with Crippen molar-refractivity contribution in [2.75, 3.05) is 5.73 Å². The van der Waals surface area contributed by atoms with Crippen LogP contribution in [0, 0.1) is 25.5 Å². The number of hydrogen-bond donors (Lipinski definition) is 1. The third kappa shape index (κ3) is 2.44. The second-order valence-corrected chi connectivity index (χ2v) is 5.05. The quantitative estimate of drug-likeness (QED) is 0.893. The Morgan fingerprint density at radius 2 is 1.94 bits per heavy atom. The predicted molar refractivity (Wildman–Crippen MR) is 65.2 cm³/mol. The molecule has 90 valence electrons. The van der Waals surface area contributed by atoms with Crippen LogP contribution in [-0.2, 0) is 6.42 Å². The maximum absolute atomic E-state index is 13.6. The van der Waals surface area contributed by atoms with Crippen molar-refractivity contribution in [1.82, 2.24) is 4.98 Å². The van der Waals surface area contributed by atoms with Gasteiger partial charge in [-0.2, -0.15) is 0 Å². The topological polar surface area (TPSA) is 38.9 Å². The lowest BCUT2D eigenvalue weighted by Gasteiger charge is -2.04. The van der Waals surface area contributed by atoms with Gasteiger partial charge in [0.1, 0.15) is 11.6 Å². The Bertz CT molecular complexity index is 564. The summed E-state index contributed by atoms with van der Waals surface area (Å²) in [5.74, 6) is -0.785. The van der Waals surface area contributed by atoms with Gasteiger partial charge in [-0.05, 0) is 37.1 Å². The lowest BCUT2D eigenvalue weighted by molar-refractivity contribution is 0.582. The lowest BCUT2D eigenvalue weighted by Crippen LogP contribution is -1.96. The Morgan fingerprint density at radius 3 is 2.53 bits per heavy atom. The Balaban J connectivity index is 2.36. The summed E-state index contributed by atoms with van der Waals surface area (Å²) in [5.41, 5.74) is 6.98. The van der Waals surface area contributed by atoms with Crippen LogP contribution in [0.5, 0.6) is 0 Å². The Morgan fingerprint density at radius 1 is 1.24 bits per heavy atom. The van der Waals surface area contributed by atoms with E-state index in [9.17, 15) is 8.78 Å². The molecule has 1 heterocycles. The van der Waals surface area contributed by atoms with E-state index in [4.69, 9.17) is 5.73 Å². The number of hydrogen-bond acceptors (Lipinski definition) is 3. The smallest absolute Gasteiger partial charge is 0.180 e. The summed E-state index contributed by atoms with van der Waals surface area (Å²) >= 11 is 1.31. The molecule has 0 saturated carbocycles. The standard InChI is InChI=1S/C12H12F2N2S/c1-6-3-10(14)8(4-9(6)13)5-11-7(2)16-12(15)17-11/h3-4H,5H2,1-2H3,(H2,15,16). The zero-order chi connectivity index (χ0) is 12.6. The molecule has 0 amide bonds. The Labute approximate surface area is 102 Å². The van der Waals surface area contributed by atoms with Gasteiger partial charge in [0.05, 0.1) is 5.69 Å². The van der Waals surface area contributed by atoms with Gasteiger partial charge in [-0.15, -0.1) is 11.3 Å². The fourth-order valence-corrected chi connectivity index (χ4v) is 2.47.